The summed E-state index contributed by atoms with van der Waals surface area (Å²) in [5, 5.41) is 12.0. The highest BCUT2D eigenvalue weighted by molar-refractivity contribution is 6.31. The maximum atomic E-state index is 14.3. The number of hydrogen-bond acceptors (Lipinski definition) is 3. The van der Waals surface area contributed by atoms with Crippen LogP contribution in [-0.4, -0.2) is 16.8 Å². The molecular weight excluding hydrogens is 428 g/mol. The third-order valence-corrected chi connectivity index (χ3v) is 5.81. The smallest absolute Gasteiger partial charge is 0.264 e. The van der Waals surface area contributed by atoms with Gasteiger partial charge in [-0.3, -0.25) is 9.59 Å². The van der Waals surface area contributed by atoms with Crippen molar-refractivity contribution in [3.05, 3.63) is 99.3 Å². The lowest BCUT2D eigenvalue weighted by Crippen LogP contribution is -2.41. The molecule has 4 rings (SSSR count). The SMILES string of the molecule is O=C(CC1(O)C(=O)N(Cc2c(F)cccc2Cl)c2ccccc21)c1ccc(Cl)cc1. The zero-order valence-electron chi connectivity index (χ0n) is 15.6. The normalized spacial score (nSPS) is 17.9. The number of benzene rings is 3. The Morgan fingerprint density at radius 2 is 1.70 bits per heavy atom. The van der Waals surface area contributed by atoms with E-state index in [1.54, 1.807) is 36.4 Å². The highest BCUT2D eigenvalue weighted by Gasteiger charge is 2.51. The molecule has 0 aromatic heterocycles. The molecule has 3 aromatic rings. The van der Waals surface area contributed by atoms with Gasteiger partial charge in [-0.2, -0.15) is 0 Å². The number of halogens is 3. The van der Waals surface area contributed by atoms with Gasteiger partial charge in [0.1, 0.15) is 5.82 Å². The van der Waals surface area contributed by atoms with Crippen molar-refractivity contribution in [2.45, 2.75) is 18.6 Å². The number of hydrogen-bond donors (Lipinski definition) is 1. The largest absolute Gasteiger partial charge is 0.375 e. The van der Waals surface area contributed by atoms with Gasteiger partial charge in [-0.05, 0) is 42.5 Å². The van der Waals surface area contributed by atoms with Crippen LogP contribution < -0.4 is 4.90 Å². The summed E-state index contributed by atoms with van der Waals surface area (Å²) in [7, 11) is 0. The van der Waals surface area contributed by atoms with Gasteiger partial charge >= 0.3 is 0 Å². The van der Waals surface area contributed by atoms with Crippen molar-refractivity contribution in [3.63, 3.8) is 0 Å². The first-order valence-electron chi connectivity index (χ1n) is 9.17. The quantitative estimate of drug-likeness (QED) is 0.555. The third kappa shape index (κ3) is 3.49. The monoisotopic (exact) mass is 443 g/mol. The summed E-state index contributed by atoms with van der Waals surface area (Å²) < 4.78 is 14.3. The van der Waals surface area contributed by atoms with E-state index in [4.69, 9.17) is 23.2 Å². The Kier molecular flexibility index (Phi) is 5.36. The van der Waals surface area contributed by atoms with Crippen LogP contribution in [0.4, 0.5) is 10.1 Å². The minimum atomic E-state index is -2.06. The summed E-state index contributed by atoms with van der Waals surface area (Å²) >= 11 is 12.0. The van der Waals surface area contributed by atoms with Gasteiger partial charge in [0.05, 0.1) is 18.7 Å². The number of amides is 1. The van der Waals surface area contributed by atoms with Crippen LogP contribution >= 0.6 is 23.2 Å². The molecule has 1 N–H and O–H groups in total. The van der Waals surface area contributed by atoms with Gasteiger partial charge < -0.3 is 10.0 Å². The first-order valence-corrected chi connectivity index (χ1v) is 9.92. The molecule has 1 atom stereocenters. The molecule has 0 bridgehead atoms. The number of anilines is 1. The van der Waals surface area contributed by atoms with Gasteiger partial charge in [0, 0.05) is 26.7 Å². The lowest BCUT2D eigenvalue weighted by molar-refractivity contribution is -0.136. The second kappa shape index (κ2) is 7.84. The van der Waals surface area contributed by atoms with Crippen molar-refractivity contribution in [3.8, 4) is 0 Å². The Hall–Kier alpha value is -2.73. The molecule has 0 fully saturated rings. The van der Waals surface area contributed by atoms with E-state index >= 15 is 0 Å². The molecule has 1 amide bonds. The number of Topliss-reactive ketones (excluding diaryl/α,β-unsaturated/α-hetero) is 1. The van der Waals surface area contributed by atoms with Crippen molar-refractivity contribution in [1.29, 1.82) is 0 Å². The summed E-state index contributed by atoms with van der Waals surface area (Å²) in [5.41, 5.74) is -0.896. The maximum absolute atomic E-state index is 14.3. The summed E-state index contributed by atoms with van der Waals surface area (Å²) in [6, 6.07) is 17.1. The first-order chi connectivity index (χ1) is 14.3. The molecule has 1 unspecified atom stereocenters. The Morgan fingerprint density at radius 3 is 2.40 bits per heavy atom. The fourth-order valence-corrected chi connectivity index (χ4v) is 3.99. The predicted molar refractivity (Wildman–Crippen MR) is 113 cm³/mol. The average Bonchev–Trinajstić information content (AvgIpc) is 2.93. The van der Waals surface area contributed by atoms with Crippen LogP contribution in [-0.2, 0) is 16.9 Å². The van der Waals surface area contributed by atoms with E-state index in [9.17, 15) is 19.1 Å². The van der Waals surface area contributed by atoms with Crippen LogP contribution in [0.2, 0.25) is 10.0 Å². The van der Waals surface area contributed by atoms with Crippen molar-refractivity contribution >= 4 is 40.6 Å². The van der Waals surface area contributed by atoms with Crippen LogP contribution in [0.15, 0.2) is 66.7 Å². The minimum absolute atomic E-state index is 0.135. The van der Waals surface area contributed by atoms with Crippen LogP contribution in [0.5, 0.6) is 0 Å². The molecular formula is C23H16Cl2FNO3. The Balaban J connectivity index is 1.70. The zero-order chi connectivity index (χ0) is 21.5. The number of fused-ring (bicyclic) bond motifs is 1. The molecule has 4 nitrogen and oxygen atoms in total. The molecule has 3 aromatic carbocycles. The van der Waals surface area contributed by atoms with E-state index in [0.29, 0.717) is 21.8 Å². The van der Waals surface area contributed by atoms with Crippen molar-refractivity contribution < 1.29 is 19.1 Å². The van der Waals surface area contributed by atoms with E-state index in [1.807, 2.05) is 0 Å². The third-order valence-electron chi connectivity index (χ3n) is 5.20. The zero-order valence-corrected chi connectivity index (χ0v) is 17.1. The van der Waals surface area contributed by atoms with Gasteiger partial charge in [-0.15, -0.1) is 0 Å². The topological polar surface area (TPSA) is 57.6 Å². The van der Waals surface area contributed by atoms with Crippen LogP contribution in [0, 0.1) is 5.82 Å². The molecule has 1 heterocycles. The second-order valence-electron chi connectivity index (χ2n) is 7.08. The van der Waals surface area contributed by atoms with Crippen LogP contribution in [0.25, 0.3) is 0 Å². The van der Waals surface area contributed by atoms with E-state index in [2.05, 4.69) is 0 Å². The second-order valence-corrected chi connectivity index (χ2v) is 7.92. The van der Waals surface area contributed by atoms with Gasteiger partial charge in [-0.25, -0.2) is 4.39 Å². The summed E-state index contributed by atoms with van der Waals surface area (Å²) in [5.74, 6) is -1.67. The number of para-hydroxylation sites is 1. The molecule has 0 saturated carbocycles. The van der Waals surface area contributed by atoms with Crippen LogP contribution in [0.3, 0.4) is 0 Å². The minimum Gasteiger partial charge on any atom is -0.375 e. The van der Waals surface area contributed by atoms with Gasteiger partial charge in [0.15, 0.2) is 11.4 Å². The Bertz CT molecular complexity index is 1130. The first kappa shape index (κ1) is 20.5. The standard InChI is InChI=1S/C23H16Cl2FNO3/c24-15-10-8-14(9-11-15)21(28)12-23(30)17-4-1-2-7-20(17)27(22(23)29)13-16-18(25)5-3-6-19(16)26/h1-11,30H,12-13H2. The molecule has 0 spiro atoms. The molecule has 30 heavy (non-hydrogen) atoms. The highest BCUT2D eigenvalue weighted by Crippen LogP contribution is 2.44. The Morgan fingerprint density at radius 1 is 1.00 bits per heavy atom. The van der Waals surface area contributed by atoms with E-state index in [1.165, 1.54) is 35.2 Å². The van der Waals surface area contributed by atoms with E-state index in [-0.39, 0.29) is 17.1 Å². The Labute approximate surface area is 182 Å². The molecule has 0 aliphatic carbocycles. The number of aliphatic hydroxyl groups is 1. The maximum Gasteiger partial charge on any atom is 0.264 e. The molecule has 7 heteroatoms. The summed E-state index contributed by atoms with van der Waals surface area (Å²) in [6.45, 7) is -0.168. The molecule has 152 valence electrons. The predicted octanol–water partition coefficient (Wildman–Crippen LogP) is 5.14. The number of carbonyl (C=O) groups is 2. The van der Waals surface area contributed by atoms with Gasteiger partial charge in [0.2, 0.25) is 0 Å². The summed E-state index contributed by atoms with van der Waals surface area (Å²) in [6.07, 6.45) is -0.452. The fourth-order valence-electron chi connectivity index (χ4n) is 3.65. The van der Waals surface area contributed by atoms with Crippen LogP contribution in [0.1, 0.15) is 27.9 Å². The van der Waals surface area contributed by atoms with Crippen molar-refractivity contribution in [2.24, 2.45) is 0 Å². The average molecular weight is 444 g/mol. The summed E-state index contributed by atoms with van der Waals surface area (Å²) in [4.78, 5) is 27.3. The van der Waals surface area contributed by atoms with Gasteiger partial charge in [0.25, 0.3) is 5.91 Å². The van der Waals surface area contributed by atoms with Crippen molar-refractivity contribution in [1.82, 2.24) is 0 Å². The molecule has 1 aliphatic heterocycles. The van der Waals surface area contributed by atoms with Crippen molar-refractivity contribution in [2.75, 3.05) is 4.90 Å². The number of ketones is 1. The molecule has 1 aliphatic rings. The number of nitrogens with zero attached hydrogens (tertiary/aromatic N) is 1. The lowest BCUT2D eigenvalue weighted by atomic mass is 9.88. The van der Waals surface area contributed by atoms with E-state index < -0.39 is 29.5 Å². The number of carbonyl (C=O) groups excluding carboxylic acids is 2. The number of rotatable bonds is 5. The highest BCUT2D eigenvalue weighted by atomic mass is 35.5. The van der Waals surface area contributed by atoms with Gasteiger partial charge in [-0.1, -0.05) is 47.5 Å². The van der Waals surface area contributed by atoms with E-state index in [0.717, 1.165) is 0 Å². The molecule has 0 saturated heterocycles. The fraction of sp³-hybridized carbons (Fsp3) is 0.130. The molecule has 0 radical (unpaired) electrons. The lowest BCUT2D eigenvalue weighted by Gasteiger charge is -2.23.